The van der Waals surface area contributed by atoms with Crippen LogP contribution in [0.25, 0.3) is 0 Å². The van der Waals surface area contributed by atoms with Crippen LogP contribution in [0.3, 0.4) is 0 Å². The second kappa shape index (κ2) is 5.29. The highest BCUT2D eigenvalue weighted by molar-refractivity contribution is 5.39. The fourth-order valence-electron chi connectivity index (χ4n) is 1.96. The van der Waals surface area contributed by atoms with Gasteiger partial charge in [0, 0.05) is 31.7 Å². The first kappa shape index (κ1) is 12.1. The normalized spacial score (nSPS) is 15.5. The van der Waals surface area contributed by atoms with Crippen LogP contribution in [0.4, 0.5) is 5.95 Å². The zero-order valence-corrected chi connectivity index (χ0v) is 10.4. The molecule has 0 amide bonds. The zero-order chi connectivity index (χ0) is 12.3. The van der Waals surface area contributed by atoms with E-state index in [1.165, 1.54) is 0 Å². The number of hydrogen-bond acceptors (Lipinski definition) is 6. The molecule has 0 spiro atoms. The van der Waals surface area contributed by atoms with Gasteiger partial charge in [-0.2, -0.15) is 4.98 Å². The minimum Gasteiger partial charge on any atom is -0.481 e. The average molecular weight is 237 g/mol. The van der Waals surface area contributed by atoms with Crippen molar-refractivity contribution in [2.24, 2.45) is 5.73 Å². The number of methoxy groups -OCH3 is 1. The number of anilines is 1. The van der Waals surface area contributed by atoms with E-state index in [0.29, 0.717) is 24.9 Å². The Balaban J connectivity index is 2.29. The summed E-state index contributed by atoms with van der Waals surface area (Å²) in [6.07, 6.45) is 0.937. The first-order chi connectivity index (χ1) is 8.24. The number of hydrogen-bond donors (Lipinski definition) is 2. The maximum atomic E-state index is 5.45. The molecule has 1 aliphatic rings. The summed E-state index contributed by atoms with van der Waals surface area (Å²) in [5, 5.41) is 3.09. The molecule has 17 heavy (non-hydrogen) atoms. The van der Waals surface area contributed by atoms with E-state index in [9.17, 15) is 0 Å². The van der Waals surface area contributed by atoms with E-state index >= 15 is 0 Å². The largest absolute Gasteiger partial charge is 0.481 e. The number of fused-ring (bicyclic) bond motifs is 1. The molecule has 1 aromatic rings. The van der Waals surface area contributed by atoms with Gasteiger partial charge in [0.25, 0.3) is 0 Å². The molecule has 0 radical (unpaired) electrons. The first-order valence-electron chi connectivity index (χ1n) is 5.81. The summed E-state index contributed by atoms with van der Waals surface area (Å²) >= 11 is 0. The maximum absolute atomic E-state index is 5.45. The molecule has 1 aliphatic heterocycles. The SMILES string of the molecule is COc1nc(NCCN)nc2c1CCN(C)C2. The molecular weight excluding hydrogens is 218 g/mol. The van der Waals surface area contributed by atoms with Crippen molar-refractivity contribution in [1.82, 2.24) is 14.9 Å². The summed E-state index contributed by atoms with van der Waals surface area (Å²) in [4.78, 5) is 11.1. The van der Waals surface area contributed by atoms with Crippen LogP contribution < -0.4 is 15.8 Å². The Morgan fingerprint density at radius 3 is 3.00 bits per heavy atom. The molecular formula is C11H19N5O. The van der Waals surface area contributed by atoms with Gasteiger partial charge in [-0.15, -0.1) is 0 Å². The minimum atomic E-state index is 0.558. The predicted molar refractivity (Wildman–Crippen MR) is 66.2 cm³/mol. The summed E-state index contributed by atoms with van der Waals surface area (Å²) < 4.78 is 5.33. The lowest BCUT2D eigenvalue weighted by molar-refractivity contribution is 0.298. The number of likely N-dealkylation sites (N-methyl/N-ethyl adjacent to an activating group) is 1. The Bertz CT molecular complexity index is 396. The van der Waals surface area contributed by atoms with Crippen LogP contribution in [0, 0.1) is 0 Å². The van der Waals surface area contributed by atoms with Crippen LogP contribution in [-0.2, 0) is 13.0 Å². The lowest BCUT2D eigenvalue weighted by atomic mass is 10.1. The van der Waals surface area contributed by atoms with Gasteiger partial charge < -0.3 is 20.7 Å². The second-order valence-corrected chi connectivity index (χ2v) is 4.18. The molecule has 2 heterocycles. The molecule has 0 unspecified atom stereocenters. The Morgan fingerprint density at radius 1 is 1.47 bits per heavy atom. The van der Waals surface area contributed by atoms with Crippen molar-refractivity contribution >= 4 is 5.95 Å². The van der Waals surface area contributed by atoms with Gasteiger partial charge in [0.1, 0.15) is 0 Å². The first-order valence-corrected chi connectivity index (χ1v) is 5.81. The molecule has 6 nitrogen and oxygen atoms in total. The van der Waals surface area contributed by atoms with E-state index in [4.69, 9.17) is 10.5 Å². The highest BCUT2D eigenvalue weighted by Crippen LogP contribution is 2.25. The van der Waals surface area contributed by atoms with Gasteiger partial charge in [-0.3, -0.25) is 0 Å². The van der Waals surface area contributed by atoms with Crippen LogP contribution in [0.5, 0.6) is 5.88 Å². The molecule has 2 rings (SSSR count). The van der Waals surface area contributed by atoms with Crippen LogP contribution >= 0.6 is 0 Å². The van der Waals surface area contributed by atoms with E-state index in [2.05, 4.69) is 27.2 Å². The molecule has 0 fully saturated rings. The fourth-order valence-corrected chi connectivity index (χ4v) is 1.96. The van der Waals surface area contributed by atoms with Crippen molar-refractivity contribution in [3.05, 3.63) is 11.3 Å². The number of nitrogens with one attached hydrogen (secondary N) is 1. The Morgan fingerprint density at radius 2 is 2.29 bits per heavy atom. The summed E-state index contributed by atoms with van der Waals surface area (Å²) in [5.74, 6) is 1.28. The van der Waals surface area contributed by atoms with Gasteiger partial charge in [-0.1, -0.05) is 0 Å². The summed E-state index contributed by atoms with van der Waals surface area (Å²) in [6.45, 7) is 3.08. The highest BCUT2D eigenvalue weighted by atomic mass is 16.5. The highest BCUT2D eigenvalue weighted by Gasteiger charge is 2.20. The molecule has 0 aromatic carbocycles. The van der Waals surface area contributed by atoms with Crippen molar-refractivity contribution in [2.75, 3.05) is 39.1 Å². The molecule has 0 saturated carbocycles. The molecule has 0 saturated heterocycles. The van der Waals surface area contributed by atoms with Crippen LogP contribution in [0.15, 0.2) is 0 Å². The van der Waals surface area contributed by atoms with Crippen molar-refractivity contribution in [1.29, 1.82) is 0 Å². The van der Waals surface area contributed by atoms with Crippen LogP contribution in [-0.4, -0.2) is 48.7 Å². The number of nitrogens with zero attached hydrogens (tertiary/aromatic N) is 3. The number of nitrogens with two attached hydrogens (primary N) is 1. The smallest absolute Gasteiger partial charge is 0.226 e. The monoisotopic (exact) mass is 237 g/mol. The molecule has 3 N–H and O–H groups in total. The number of ether oxygens (including phenoxy) is 1. The third-order valence-electron chi connectivity index (χ3n) is 2.84. The Hall–Kier alpha value is -1.40. The predicted octanol–water partition coefficient (Wildman–Crippen LogP) is -0.156. The van der Waals surface area contributed by atoms with E-state index in [1.807, 2.05) is 0 Å². The fraction of sp³-hybridized carbons (Fsp3) is 0.636. The molecule has 0 aliphatic carbocycles. The Labute approximate surface area is 101 Å². The van der Waals surface area contributed by atoms with Crippen LogP contribution in [0.2, 0.25) is 0 Å². The molecule has 94 valence electrons. The molecule has 1 aromatic heterocycles. The van der Waals surface area contributed by atoms with Crippen molar-refractivity contribution in [2.45, 2.75) is 13.0 Å². The lowest BCUT2D eigenvalue weighted by Gasteiger charge is -2.25. The topological polar surface area (TPSA) is 76.3 Å². The molecule has 6 heteroatoms. The van der Waals surface area contributed by atoms with E-state index < -0.39 is 0 Å². The van der Waals surface area contributed by atoms with E-state index in [0.717, 1.165) is 30.8 Å². The maximum Gasteiger partial charge on any atom is 0.226 e. The number of rotatable bonds is 4. The van der Waals surface area contributed by atoms with E-state index in [-0.39, 0.29) is 0 Å². The standard InChI is InChI=1S/C11H19N5O/c1-16-6-3-8-9(7-16)14-11(13-5-4-12)15-10(8)17-2/h3-7,12H2,1-2H3,(H,13,14,15). The molecule has 0 atom stereocenters. The van der Waals surface area contributed by atoms with Crippen molar-refractivity contribution in [3.8, 4) is 5.88 Å². The van der Waals surface area contributed by atoms with Gasteiger partial charge >= 0.3 is 0 Å². The Kier molecular flexibility index (Phi) is 3.75. The quantitative estimate of drug-likeness (QED) is 0.758. The van der Waals surface area contributed by atoms with E-state index in [1.54, 1.807) is 7.11 Å². The van der Waals surface area contributed by atoms with Crippen LogP contribution in [0.1, 0.15) is 11.3 Å². The second-order valence-electron chi connectivity index (χ2n) is 4.18. The summed E-state index contributed by atoms with van der Waals surface area (Å²) in [5.41, 5.74) is 7.62. The van der Waals surface area contributed by atoms with Gasteiger partial charge in [-0.05, 0) is 13.5 Å². The average Bonchev–Trinajstić information content (AvgIpc) is 2.34. The van der Waals surface area contributed by atoms with Gasteiger partial charge in [0.05, 0.1) is 12.8 Å². The minimum absolute atomic E-state index is 0.558. The van der Waals surface area contributed by atoms with Gasteiger partial charge in [0.2, 0.25) is 11.8 Å². The van der Waals surface area contributed by atoms with Crippen molar-refractivity contribution < 1.29 is 4.74 Å². The van der Waals surface area contributed by atoms with Gasteiger partial charge in [0.15, 0.2) is 0 Å². The van der Waals surface area contributed by atoms with Gasteiger partial charge in [-0.25, -0.2) is 4.98 Å². The molecule has 0 bridgehead atoms. The third-order valence-corrected chi connectivity index (χ3v) is 2.84. The summed E-state index contributed by atoms with van der Waals surface area (Å²) in [6, 6.07) is 0. The third kappa shape index (κ3) is 2.65. The zero-order valence-electron chi connectivity index (χ0n) is 10.4. The summed E-state index contributed by atoms with van der Waals surface area (Å²) in [7, 11) is 3.73. The van der Waals surface area contributed by atoms with Crippen molar-refractivity contribution in [3.63, 3.8) is 0 Å². The lowest BCUT2D eigenvalue weighted by Crippen LogP contribution is -2.28. The number of aromatic nitrogens is 2.